The fraction of sp³-hybridized carbons (Fsp3) is 0.233. The first kappa shape index (κ1) is 29.1. The van der Waals surface area contributed by atoms with Crippen molar-refractivity contribution in [3.8, 4) is 17.1 Å². The van der Waals surface area contributed by atoms with Gasteiger partial charge in [0.1, 0.15) is 17.3 Å². The highest BCUT2D eigenvalue weighted by atomic mass is 32.2. The Hall–Kier alpha value is -4.42. The van der Waals surface area contributed by atoms with E-state index in [1.54, 1.807) is 56.8 Å². The zero-order chi connectivity index (χ0) is 30.1. The van der Waals surface area contributed by atoms with Gasteiger partial charge in [0, 0.05) is 17.0 Å². The number of rotatable bonds is 8. The zero-order valence-electron chi connectivity index (χ0n) is 23.4. The summed E-state index contributed by atoms with van der Waals surface area (Å²) >= 11 is 2.79. The van der Waals surface area contributed by atoms with Crippen LogP contribution in [0.5, 0.6) is 5.75 Å². The summed E-state index contributed by atoms with van der Waals surface area (Å²) in [7, 11) is 1.42. The lowest BCUT2D eigenvalue weighted by molar-refractivity contribution is -0.384. The predicted octanol–water partition coefficient (Wildman–Crippen LogP) is 5.09. The summed E-state index contributed by atoms with van der Waals surface area (Å²) in [6, 6.07) is 14.6. The second kappa shape index (κ2) is 11.8. The maximum Gasteiger partial charge on any atom is 0.338 e. The van der Waals surface area contributed by atoms with E-state index in [-0.39, 0.29) is 23.1 Å². The van der Waals surface area contributed by atoms with Crippen molar-refractivity contribution in [2.24, 2.45) is 4.99 Å². The van der Waals surface area contributed by atoms with Crippen molar-refractivity contribution in [3.63, 3.8) is 0 Å². The Bertz CT molecular complexity index is 1900. The van der Waals surface area contributed by atoms with Gasteiger partial charge in [-0.25, -0.2) is 9.79 Å². The number of aromatic nitrogens is 1. The Morgan fingerprint density at radius 1 is 1.19 bits per heavy atom. The topological polar surface area (TPSA) is 126 Å². The maximum atomic E-state index is 13.9. The molecule has 0 unspecified atom stereocenters. The fourth-order valence-corrected chi connectivity index (χ4v) is 6.10. The van der Waals surface area contributed by atoms with Gasteiger partial charge in [-0.2, -0.15) is 0 Å². The van der Waals surface area contributed by atoms with Crippen molar-refractivity contribution >= 4 is 40.8 Å². The number of allylic oxidation sites excluding steroid dienone is 1. The largest absolute Gasteiger partial charge is 0.496 e. The highest BCUT2D eigenvalue weighted by Crippen LogP contribution is 2.35. The molecule has 0 amide bonds. The van der Waals surface area contributed by atoms with Gasteiger partial charge in [0.05, 0.1) is 51.6 Å². The first-order valence-electron chi connectivity index (χ1n) is 12.9. The van der Waals surface area contributed by atoms with E-state index in [0.29, 0.717) is 37.7 Å². The molecular formula is C30H27N3O7S2. The van der Waals surface area contributed by atoms with Gasteiger partial charge in [-0.1, -0.05) is 23.5 Å². The monoisotopic (exact) mass is 605 g/mol. The van der Waals surface area contributed by atoms with Crippen molar-refractivity contribution in [3.05, 3.63) is 107 Å². The summed E-state index contributed by atoms with van der Waals surface area (Å²) in [5, 5.41) is 11.2. The fourth-order valence-electron chi connectivity index (χ4n) is 4.66. The molecule has 0 N–H and O–H groups in total. The van der Waals surface area contributed by atoms with E-state index >= 15 is 0 Å². The first-order valence-corrected chi connectivity index (χ1v) is 15.0. The van der Waals surface area contributed by atoms with E-state index in [1.165, 1.54) is 35.1 Å². The predicted molar refractivity (Wildman–Crippen MR) is 161 cm³/mol. The normalized spacial score (nSPS) is 15.0. The van der Waals surface area contributed by atoms with Crippen LogP contribution in [-0.2, 0) is 9.53 Å². The molecule has 0 radical (unpaired) electrons. The molecule has 2 aromatic heterocycles. The molecule has 2 aromatic carbocycles. The molecule has 0 aliphatic carbocycles. The van der Waals surface area contributed by atoms with Crippen LogP contribution in [0.2, 0.25) is 0 Å². The minimum absolute atomic E-state index is 0.104. The summed E-state index contributed by atoms with van der Waals surface area (Å²) in [5.74, 6) is 0.578. The first-order chi connectivity index (χ1) is 20.1. The van der Waals surface area contributed by atoms with E-state index in [1.807, 2.05) is 30.5 Å². The summed E-state index contributed by atoms with van der Waals surface area (Å²) in [6.07, 6.45) is 3.25. The average molecular weight is 606 g/mol. The lowest BCUT2D eigenvalue weighted by Crippen LogP contribution is -2.40. The molecule has 12 heteroatoms. The van der Waals surface area contributed by atoms with Gasteiger partial charge in [0.2, 0.25) is 0 Å². The van der Waals surface area contributed by atoms with Crippen LogP contribution >= 0.6 is 23.1 Å². The van der Waals surface area contributed by atoms with Crippen LogP contribution in [0.25, 0.3) is 17.4 Å². The number of carbonyl (C=O) groups excluding carboxylic acids is 1. The van der Waals surface area contributed by atoms with Gasteiger partial charge in [-0.3, -0.25) is 19.5 Å². The standard InChI is InChI=1S/C30H27N3O7S2/c1-16(2)39-29(35)26-17(3)31-30-32(27(26)18-6-10-21(41-5)11-7-18)28(34)25(42-30)15-20-9-13-23(40-20)22-12-8-19(33(36)37)14-24(22)38-4/h6-16,27H,1-5H3/b25-15-/t27-/m0/s1. The lowest BCUT2D eigenvalue weighted by Gasteiger charge is -2.25. The zero-order valence-corrected chi connectivity index (χ0v) is 25.1. The Labute approximate surface area is 248 Å². The third kappa shape index (κ3) is 5.55. The number of benzene rings is 2. The number of nitro benzene ring substituents is 1. The summed E-state index contributed by atoms with van der Waals surface area (Å²) in [4.78, 5) is 43.9. The molecule has 10 nitrogen and oxygen atoms in total. The van der Waals surface area contributed by atoms with Gasteiger partial charge in [-0.15, -0.1) is 11.8 Å². The van der Waals surface area contributed by atoms with Gasteiger partial charge in [0.25, 0.3) is 11.2 Å². The Balaban J connectivity index is 1.61. The number of non-ortho nitro benzene ring substituents is 1. The molecule has 0 spiro atoms. The number of nitro groups is 1. The molecule has 0 saturated heterocycles. The molecule has 42 heavy (non-hydrogen) atoms. The highest BCUT2D eigenvalue weighted by Gasteiger charge is 2.33. The second-order valence-electron chi connectivity index (χ2n) is 9.65. The molecule has 1 atom stereocenters. The number of methoxy groups -OCH3 is 1. The molecule has 0 bridgehead atoms. The Morgan fingerprint density at radius 2 is 1.93 bits per heavy atom. The number of hydrogen-bond acceptors (Lipinski definition) is 10. The van der Waals surface area contributed by atoms with Crippen molar-refractivity contribution in [2.75, 3.05) is 13.4 Å². The minimum Gasteiger partial charge on any atom is -0.496 e. The van der Waals surface area contributed by atoms with Gasteiger partial charge < -0.3 is 13.9 Å². The van der Waals surface area contributed by atoms with Crippen LogP contribution in [0, 0.1) is 10.1 Å². The number of thioether (sulfide) groups is 1. The lowest BCUT2D eigenvalue weighted by atomic mass is 9.96. The van der Waals surface area contributed by atoms with Crippen molar-refractivity contribution < 1.29 is 23.6 Å². The van der Waals surface area contributed by atoms with Crippen LogP contribution in [-0.4, -0.2) is 34.9 Å². The van der Waals surface area contributed by atoms with Crippen molar-refractivity contribution in [1.82, 2.24) is 4.57 Å². The number of nitrogens with zero attached hydrogens (tertiary/aromatic N) is 3. The number of carbonyl (C=O) groups is 1. The van der Waals surface area contributed by atoms with Gasteiger partial charge in [-0.05, 0) is 62.9 Å². The summed E-state index contributed by atoms with van der Waals surface area (Å²) in [5.41, 5.74) is 1.65. The van der Waals surface area contributed by atoms with Crippen LogP contribution in [0.1, 0.15) is 38.1 Å². The van der Waals surface area contributed by atoms with Crippen molar-refractivity contribution in [2.45, 2.75) is 37.8 Å². The van der Waals surface area contributed by atoms with Gasteiger partial charge >= 0.3 is 5.97 Å². The van der Waals surface area contributed by atoms with Crippen LogP contribution in [0.3, 0.4) is 0 Å². The van der Waals surface area contributed by atoms with Crippen molar-refractivity contribution in [1.29, 1.82) is 0 Å². The quantitative estimate of drug-likeness (QED) is 0.118. The molecule has 0 saturated carbocycles. The Kier molecular flexibility index (Phi) is 8.19. The molecule has 0 fully saturated rings. The summed E-state index contributed by atoms with van der Waals surface area (Å²) < 4.78 is 18.8. The van der Waals surface area contributed by atoms with Crippen LogP contribution in [0.15, 0.2) is 85.0 Å². The molecule has 1 aliphatic heterocycles. The third-order valence-electron chi connectivity index (χ3n) is 6.58. The van der Waals surface area contributed by atoms with Crippen LogP contribution < -0.4 is 19.6 Å². The van der Waals surface area contributed by atoms with E-state index < -0.39 is 16.9 Å². The number of hydrogen-bond donors (Lipinski definition) is 0. The van der Waals surface area contributed by atoms with E-state index in [0.717, 1.165) is 10.5 Å². The number of fused-ring (bicyclic) bond motifs is 1. The maximum absolute atomic E-state index is 13.9. The van der Waals surface area contributed by atoms with Crippen LogP contribution in [0.4, 0.5) is 5.69 Å². The minimum atomic E-state index is -0.720. The Morgan fingerprint density at radius 3 is 2.57 bits per heavy atom. The average Bonchev–Trinajstić information content (AvgIpc) is 3.55. The number of esters is 1. The number of furan rings is 1. The van der Waals surface area contributed by atoms with E-state index in [4.69, 9.17) is 13.9 Å². The third-order valence-corrected chi connectivity index (χ3v) is 8.30. The SMILES string of the molecule is COc1cc([N+](=O)[O-])ccc1-c1ccc(/C=c2\sc3n(c2=O)[C@@H](c2ccc(SC)cc2)C(C(=O)OC(C)C)=C(C)N=3)o1. The molecule has 4 aromatic rings. The second-order valence-corrected chi connectivity index (χ2v) is 11.5. The smallest absolute Gasteiger partial charge is 0.338 e. The molecular weight excluding hydrogens is 578 g/mol. The molecule has 216 valence electrons. The number of ether oxygens (including phenoxy) is 2. The summed E-state index contributed by atoms with van der Waals surface area (Å²) in [6.45, 7) is 5.29. The number of thiazole rings is 1. The molecule has 5 rings (SSSR count). The van der Waals surface area contributed by atoms with E-state index in [9.17, 15) is 19.7 Å². The van der Waals surface area contributed by atoms with Gasteiger partial charge in [0.15, 0.2) is 4.80 Å². The highest BCUT2D eigenvalue weighted by molar-refractivity contribution is 7.98. The molecule has 3 heterocycles. The van der Waals surface area contributed by atoms with E-state index in [2.05, 4.69) is 4.99 Å². The molecule has 1 aliphatic rings.